The van der Waals surface area contributed by atoms with Gasteiger partial charge in [0.05, 0.1) is 25.8 Å². The van der Waals surface area contributed by atoms with Crippen LogP contribution in [0.4, 0.5) is 0 Å². The lowest BCUT2D eigenvalue weighted by atomic mass is 9.95. The third kappa shape index (κ3) is 4.02. The summed E-state index contributed by atoms with van der Waals surface area (Å²) in [6.07, 6.45) is 0. The second-order valence-electron chi connectivity index (χ2n) is 7.28. The van der Waals surface area contributed by atoms with E-state index in [-0.39, 0.29) is 11.3 Å². The number of benzene rings is 2. The number of ether oxygens (including phenoxy) is 2. The van der Waals surface area contributed by atoms with Crippen molar-refractivity contribution in [1.82, 2.24) is 9.80 Å². The number of aliphatic hydroxyl groups is 1. The van der Waals surface area contributed by atoms with Crippen molar-refractivity contribution in [3.63, 3.8) is 0 Å². The first-order valence-electron chi connectivity index (χ1n) is 9.59. The van der Waals surface area contributed by atoms with Gasteiger partial charge in [0.25, 0.3) is 11.7 Å². The van der Waals surface area contributed by atoms with E-state index in [1.54, 1.807) is 42.5 Å². The second kappa shape index (κ2) is 9.00. The van der Waals surface area contributed by atoms with Crippen LogP contribution in [0.15, 0.2) is 54.1 Å². The van der Waals surface area contributed by atoms with Crippen LogP contribution in [0.25, 0.3) is 5.76 Å². The SMILES string of the molecule is COc1ccc([C@@H]2/C(=C(\O)c3ccccc3)C(=O)C(=O)N2CCN(C)C)cc1OC. The number of Topliss-reactive ketones (excluding diaryl/α,β-unsaturated/α-hetero) is 1. The molecule has 1 N–H and O–H groups in total. The molecule has 2 aromatic carbocycles. The normalized spacial score (nSPS) is 18.2. The van der Waals surface area contributed by atoms with Crippen molar-refractivity contribution >= 4 is 17.4 Å². The van der Waals surface area contributed by atoms with Gasteiger partial charge in [-0.25, -0.2) is 0 Å². The number of hydrogen-bond acceptors (Lipinski definition) is 6. The van der Waals surface area contributed by atoms with Crippen molar-refractivity contribution in [2.24, 2.45) is 0 Å². The number of likely N-dealkylation sites (N-methyl/N-ethyl adjacent to an activating group) is 1. The first-order valence-corrected chi connectivity index (χ1v) is 9.59. The number of likely N-dealkylation sites (tertiary alicyclic amines) is 1. The highest BCUT2D eigenvalue weighted by Gasteiger charge is 2.46. The van der Waals surface area contributed by atoms with E-state index in [1.807, 2.05) is 25.1 Å². The summed E-state index contributed by atoms with van der Waals surface area (Å²) >= 11 is 0. The van der Waals surface area contributed by atoms with Gasteiger partial charge in [-0.05, 0) is 31.8 Å². The molecule has 0 bridgehead atoms. The van der Waals surface area contributed by atoms with Crippen LogP contribution in [0.5, 0.6) is 11.5 Å². The summed E-state index contributed by atoms with van der Waals surface area (Å²) in [4.78, 5) is 29.3. The molecular weight excluding hydrogens is 384 g/mol. The zero-order valence-electron chi connectivity index (χ0n) is 17.6. The average molecular weight is 410 g/mol. The summed E-state index contributed by atoms with van der Waals surface area (Å²) in [5.74, 6) is -0.507. The van der Waals surface area contributed by atoms with Gasteiger partial charge in [0.2, 0.25) is 0 Å². The number of methoxy groups -OCH3 is 2. The lowest BCUT2D eigenvalue weighted by Crippen LogP contribution is -2.35. The van der Waals surface area contributed by atoms with Crippen LogP contribution in [0, 0.1) is 0 Å². The van der Waals surface area contributed by atoms with E-state index in [0.29, 0.717) is 35.7 Å². The third-order valence-electron chi connectivity index (χ3n) is 5.10. The number of nitrogens with zero attached hydrogens (tertiary/aromatic N) is 2. The van der Waals surface area contributed by atoms with Gasteiger partial charge in [0.1, 0.15) is 5.76 Å². The number of carbonyl (C=O) groups is 2. The third-order valence-corrected chi connectivity index (χ3v) is 5.10. The van der Waals surface area contributed by atoms with Crippen LogP contribution in [0.1, 0.15) is 17.2 Å². The van der Waals surface area contributed by atoms with Gasteiger partial charge in [0, 0.05) is 18.7 Å². The van der Waals surface area contributed by atoms with Gasteiger partial charge >= 0.3 is 0 Å². The van der Waals surface area contributed by atoms with Gasteiger partial charge in [-0.15, -0.1) is 0 Å². The zero-order chi connectivity index (χ0) is 21.8. The molecule has 1 heterocycles. The Labute approximate surface area is 176 Å². The van der Waals surface area contributed by atoms with Gasteiger partial charge < -0.3 is 24.4 Å². The molecule has 0 unspecified atom stereocenters. The van der Waals surface area contributed by atoms with Crippen molar-refractivity contribution in [3.05, 3.63) is 65.2 Å². The Kier molecular flexibility index (Phi) is 6.42. The average Bonchev–Trinajstić information content (AvgIpc) is 3.01. The van der Waals surface area contributed by atoms with Gasteiger partial charge in [-0.1, -0.05) is 36.4 Å². The van der Waals surface area contributed by atoms with Crippen LogP contribution in [-0.2, 0) is 9.59 Å². The van der Waals surface area contributed by atoms with Crippen LogP contribution >= 0.6 is 0 Å². The van der Waals surface area contributed by atoms with E-state index < -0.39 is 17.7 Å². The number of rotatable bonds is 7. The highest BCUT2D eigenvalue weighted by atomic mass is 16.5. The Balaban J connectivity index is 2.17. The minimum atomic E-state index is -0.732. The molecule has 0 spiro atoms. The fraction of sp³-hybridized carbons (Fsp3) is 0.304. The molecule has 7 nitrogen and oxygen atoms in total. The molecule has 0 radical (unpaired) electrons. The van der Waals surface area contributed by atoms with Gasteiger partial charge in [-0.3, -0.25) is 9.59 Å². The fourth-order valence-corrected chi connectivity index (χ4v) is 3.54. The summed E-state index contributed by atoms with van der Waals surface area (Å²) in [6.45, 7) is 0.907. The van der Waals surface area contributed by atoms with Crippen molar-refractivity contribution in [2.45, 2.75) is 6.04 Å². The molecule has 1 fully saturated rings. The molecule has 0 saturated carbocycles. The number of amides is 1. The first-order chi connectivity index (χ1) is 14.4. The highest BCUT2D eigenvalue weighted by molar-refractivity contribution is 6.46. The minimum absolute atomic E-state index is 0.0668. The topological polar surface area (TPSA) is 79.3 Å². The van der Waals surface area contributed by atoms with Gasteiger partial charge in [-0.2, -0.15) is 0 Å². The predicted molar refractivity (Wildman–Crippen MR) is 114 cm³/mol. The predicted octanol–water partition coefficient (Wildman–Crippen LogP) is 2.69. The molecule has 0 aromatic heterocycles. The molecule has 3 rings (SSSR count). The van der Waals surface area contributed by atoms with Crippen molar-refractivity contribution in [2.75, 3.05) is 41.4 Å². The number of carbonyl (C=O) groups excluding carboxylic acids is 2. The van der Waals surface area contributed by atoms with Crippen molar-refractivity contribution < 1.29 is 24.2 Å². The summed E-state index contributed by atoms with van der Waals surface area (Å²) in [7, 11) is 6.85. The Morgan fingerprint density at radius 3 is 2.30 bits per heavy atom. The number of aliphatic hydroxyl groups excluding tert-OH is 1. The molecular formula is C23H26N2O5. The van der Waals surface area contributed by atoms with Crippen molar-refractivity contribution in [3.8, 4) is 11.5 Å². The maximum Gasteiger partial charge on any atom is 0.295 e. The maximum absolute atomic E-state index is 13.0. The molecule has 0 aliphatic carbocycles. The van der Waals surface area contributed by atoms with E-state index in [4.69, 9.17) is 9.47 Å². The molecule has 1 amide bonds. The van der Waals surface area contributed by atoms with E-state index in [0.717, 1.165) is 0 Å². The standard InChI is InChI=1S/C23H26N2O5/c1-24(2)12-13-25-20(16-10-11-17(29-3)18(14-16)30-4)19(22(27)23(25)28)21(26)15-8-6-5-7-9-15/h5-11,14,20,26H,12-13H2,1-4H3/b21-19+/t20-/m1/s1. The quantitative estimate of drug-likeness (QED) is 0.430. The van der Waals surface area contributed by atoms with Crippen LogP contribution in [0.2, 0.25) is 0 Å². The molecule has 2 aromatic rings. The monoisotopic (exact) mass is 410 g/mol. The Morgan fingerprint density at radius 1 is 1.03 bits per heavy atom. The molecule has 1 atom stereocenters. The Hall–Kier alpha value is -3.32. The van der Waals surface area contributed by atoms with Gasteiger partial charge in [0.15, 0.2) is 11.5 Å². The van der Waals surface area contributed by atoms with Crippen LogP contribution < -0.4 is 9.47 Å². The lowest BCUT2D eigenvalue weighted by Gasteiger charge is -2.27. The summed E-state index contributed by atoms with van der Waals surface area (Å²) in [5, 5.41) is 11.0. The van der Waals surface area contributed by atoms with E-state index >= 15 is 0 Å². The maximum atomic E-state index is 13.0. The number of ketones is 1. The van der Waals surface area contributed by atoms with E-state index in [2.05, 4.69) is 0 Å². The largest absolute Gasteiger partial charge is 0.507 e. The lowest BCUT2D eigenvalue weighted by molar-refractivity contribution is -0.140. The summed E-state index contributed by atoms with van der Waals surface area (Å²) in [5.41, 5.74) is 1.20. The minimum Gasteiger partial charge on any atom is -0.507 e. The van der Waals surface area contributed by atoms with E-state index in [1.165, 1.54) is 19.1 Å². The molecule has 1 aliphatic heterocycles. The van der Waals surface area contributed by atoms with Crippen LogP contribution in [-0.4, -0.2) is 68.0 Å². The van der Waals surface area contributed by atoms with Crippen LogP contribution in [0.3, 0.4) is 0 Å². The molecule has 1 aliphatic rings. The summed E-state index contributed by atoms with van der Waals surface area (Å²) < 4.78 is 10.7. The van der Waals surface area contributed by atoms with Crippen molar-refractivity contribution in [1.29, 1.82) is 0 Å². The molecule has 158 valence electrons. The molecule has 30 heavy (non-hydrogen) atoms. The Morgan fingerprint density at radius 2 is 1.70 bits per heavy atom. The van der Waals surface area contributed by atoms with E-state index in [9.17, 15) is 14.7 Å². The molecule has 7 heteroatoms. The summed E-state index contributed by atoms with van der Waals surface area (Å²) in [6, 6.07) is 13.3. The Bertz CT molecular complexity index is 969. The number of hydrogen-bond donors (Lipinski definition) is 1. The smallest absolute Gasteiger partial charge is 0.295 e. The zero-order valence-corrected chi connectivity index (χ0v) is 17.6. The molecule has 1 saturated heterocycles. The first kappa shape index (κ1) is 21.4. The highest BCUT2D eigenvalue weighted by Crippen LogP contribution is 2.41. The fourth-order valence-electron chi connectivity index (χ4n) is 3.54. The second-order valence-corrected chi connectivity index (χ2v) is 7.28.